The highest BCUT2D eigenvalue weighted by Crippen LogP contribution is 1.98. The number of hydrogen-bond acceptors (Lipinski definition) is 2. The molecule has 0 aliphatic carbocycles. The second-order valence-corrected chi connectivity index (χ2v) is 1.52. The summed E-state index contributed by atoms with van der Waals surface area (Å²) < 4.78 is 12.2. The van der Waals surface area contributed by atoms with Crippen LogP contribution in [0.4, 0.5) is 4.39 Å². The summed E-state index contributed by atoms with van der Waals surface area (Å²) in [6.07, 6.45) is -0.471. The van der Waals surface area contributed by atoms with Crippen molar-refractivity contribution in [3.8, 4) is 0 Å². The Hall–Kier alpha value is -0.570. The number of likely N-dealkylation sites (N-methyl/N-ethyl adjacent to an activating group) is 1. The first-order chi connectivity index (χ1) is 3.72. The second-order valence-electron chi connectivity index (χ2n) is 1.52. The Bertz CT molecular complexity index is 92.4. The zero-order valence-corrected chi connectivity index (χ0v) is 4.98. The summed E-state index contributed by atoms with van der Waals surface area (Å²) in [5.74, 6) is 0. The van der Waals surface area contributed by atoms with Crippen LogP contribution in [0, 0.1) is 0 Å². The number of aliphatic hydroxyl groups excluding tert-OH is 1. The SMILES string of the molecule is CNC(F)/C(C)=C\O. The van der Waals surface area contributed by atoms with Crippen LogP contribution in [0.5, 0.6) is 0 Å². The van der Waals surface area contributed by atoms with Gasteiger partial charge in [-0.15, -0.1) is 0 Å². The molecule has 0 saturated carbocycles. The molecule has 2 nitrogen and oxygen atoms in total. The van der Waals surface area contributed by atoms with Crippen LogP contribution in [0.1, 0.15) is 6.92 Å². The molecule has 0 aliphatic heterocycles. The molecule has 0 aromatic carbocycles. The van der Waals surface area contributed by atoms with Gasteiger partial charge in [0.1, 0.15) is 0 Å². The van der Waals surface area contributed by atoms with Crippen molar-refractivity contribution in [2.75, 3.05) is 7.05 Å². The van der Waals surface area contributed by atoms with Gasteiger partial charge in [-0.3, -0.25) is 5.32 Å². The normalized spacial score (nSPS) is 16.1. The largest absolute Gasteiger partial charge is 0.515 e. The highest BCUT2D eigenvalue weighted by Gasteiger charge is 2.02. The lowest BCUT2D eigenvalue weighted by Crippen LogP contribution is -2.20. The van der Waals surface area contributed by atoms with E-state index in [2.05, 4.69) is 5.32 Å². The molecule has 2 N–H and O–H groups in total. The van der Waals surface area contributed by atoms with E-state index in [0.717, 1.165) is 6.26 Å². The zero-order chi connectivity index (χ0) is 6.57. The molecule has 0 rings (SSSR count). The molecule has 0 amide bonds. The van der Waals surface area contributed by atoms with Crippen LogP contribution in [-0.4, -0.2) is 18.4 Å². The Morgan fingerprint density at radius 3 is 2.50 bits per heavy atom. The fourth-order valence-corrected chi connectivity index (χ4v) is 0.293. The molecule has 1 atom stereocenters. The Balaban J connectivity index is 3.63. The summed E-state index contributed by atoms with van der Waals surface area (Å²) in [6, 6.07) is 0. The Kier molecular flexibility index (Phi) is 3.19. The minimum Gasteiger partial charge on any atom is -0.515 e. The molecule has 0 spiro atoms. The number of nitrogens with one attached hydrogen (secondary N) is 1. The molecular formula is C5H10FNO. The summed E-state index contributed by atoms with van der Waals surface area (Å²) in [7, 11) is 1.48. The fourth-order valence-electron chi connectivity index (χ4n) is 0.293. The number of aliphatic hydroxyl groups is 1. The van der Waals surface area contributed by atoms with Gasteiger partial charge in [-0.25, -0.2) is 4.39 Å². The van der Waals surface area contributed by atoms with Crippen LogP contribution < -0.4 is 5.32 Å². The summed E-state index contributed by atoms with van der Waals surface area (Å²) in [4.78, 5) is 0. The number of rotatable bonds is 2. The van der Waals surface area contributed by atoms with Gasteiger partial charge in [-0.05, 0) is 14.0 Å². The molecular weight excluding hydrogens is 109 g/mol. The molecule has 0 heterocycles. The maximum absolute atomic E-state index is 12.2. The third-order valence-electron chi connectivity index (χ3n) is 0.857. The van der Waals surface area contributed by atoms with Crippen LogP contribution in [0.3, 0.4) is 0 Å². The van der Waals surface area contributed by atoms with Crippen molar-refractivity contribution in [1.82, 2.24) is 5.32 Å². The summed E-state index contributed by atoms with van der Waals surface area (Å²) >= 11 is 0. The summed E-state index contributed by atoms with van der Waals surface area (Å²) in [5, 5.41) is 10.5. The minimum absolute atomic E-state index is 0.285. The lowest BCUT2D eigenvalue weighted by molar-refractivity contribution is 0.326. The van der Waals surface area contributed by atoms with Crippen molar-refractivity contribution in [1.29, 1.82) is 0 Å². The van der Waals surface area contributed by atoms with Crippen molar-refractivity contribution in [2.24, 2.45) is 0 Å². The van der Waals surface area contributed by atoms with Crippen molar-refractivity contribution in [3.05, 3.63) is 11.8 Å². The average Bonchev–Trinajstić information content (AvgIpc) is 1.84. The quantitative estimate of drug-likeness (QED) is 0.419. The van der Waals surface area contributed by atoms with Gasteiger partial charge in [-0.2, -0.15) is 0 Å². The molecule has 0 aromatic heterocycles. The Morgan fingerprint density at radius 1 is 1.88 bits per heavy atom. The molecule has 0 aromatic rings. The second kappa shape index (κ2) is 3.43. The van der Waals surface area contributed by atoms with E-state index in [0.29, 0.717) is 0 Å². The highest BCUT2D eigenvalue weighted by molar-refractivity contribution is 4.97. The van der Waals surface area contributed by atoms with Gasteiger partial charge in [-0.1, -0.05) is 0 Å². The van der Waals surface area contributed by atoms with E-state index in [4.69, 9.17) is 5.11 Å². The molecule has 8 heavy (non-hydrogen) atoms. The first kappa shape index (κ1) is 7.43. The van der Waals surface area contributed by atoms with E-state index in [1.54, 1.807) is 0 Å². The number of alkyl halides is 1. The van der Waals surface area contributed by atoms with Crippen LogP contribution in [0.25, 0.3) is 0 Å². The Labute approximate surface area is 48.0 Å². The summed E-state index contributed by atoms with van der Waals surface area (Å²) in [6.45, 7) is 1.50. The highest BCUT2D eigenvalue weighted by atomic mass is 19.1. The standard InChI is InChI=1S/C5H10FNO/c1-4(3-8)5(6)7-2/h3,5,7-8H,1-2H3/b4-3-. The topological polar surface area (TPSA) is 32.3 Å². The maximum atomic E-state index is 12.2. The zero-order valence-electron chi connectivity index (χ0n) is 4.98. The predicted molar refractivity (Wildman–Crippen MR) is 30.3 cm³/mol. The first-order valence-electron chi connectivity index (χ1n) is 2.34. The molecule has 0 fully saturated rings. The smallest absolute Gasteiger partial charge is 0.175 e. The number of halogens is 1. The van der Waals surface area contributed by atoms with Gasteiger partial charge in [0, 0.05) is 5.57 Å². The van der Waals surface area contributed by atoms with Crippen molar-refractivity contribution < 1.29 is 9.50 Å². The van der Waals surface area contributed by atoms with E-state index >= 15 is 0 Å². The molecule has 0 aliphatic rings. The van der Waals surface area contributed by atoms with E-state index in [1.165, 1.54) is 14.0 Å². The molecule has 0 saturated heterocycles. The van der Waals surface area contributed by atoms with E-state index in [1.807, 2.05) is 0 Å². The lowest BCUT2D eigenvalue weighted by Gasteiger charge is -2.03. The average molecular weight is 119 g/mol. The van der Waals surface area contributed by atoms with Crippen molar-refractivity contribution in [3.63, 3.8) is 0 Å². The van der Waals surface area contributed by atoms with Crippen molar-refractivity contribution >= 4 is 0 Å². The third kappa shape index (κ3) is 1.93. The van der Waals surface area contributed by atoms with Crippen molar-refractivity contribution in [2.45, 2.75) is 13.2 Å². The monoisotopic (exact) mass is 119 g/mol. The van der Waals surface area contributed by atoms with E-state index < -0.39 is 6.30 Å². The molecule has 0 radical (unpaired) electrons. The molecule has 1 unspecified atom stereocenters. The van der Waals surface area contributed by atoms with Gasteiger partial charge in [0.25, 0.3) is 0 Å². The van der Waals surface area contributed by atoms with Gasteiger partial charge in [0.15, 0.2) is 6.30 Å². The van der Waals surface area contributed by atoms with Gasteiger partial charge < -0.3 is 5.11 Å². The molecule has 0 bridgehead atoms. The molecule has 48 valence electrons. The number of hydrogen-bond donors (Lipinski definition) is 2. The summed E-state index contributed by atoms with van der Waals surface area (Å²) in [5.41, 5.74) is 0.285. The minimum atomic E-state index is -1.22. The maximum Gasteiger partial charge on any atom is 0.175 e. The van der Waals surface area contributed by atoms with Crippen LogP contribution in [-0.2, 0) is 0 Å². The molecule has 3 heteroatoms. The predicted octanol–water partition coefficient (Wildman–Crippen LogP) is 0.963. The van der Waals surface area contributed by atoms with E-state index in [9.17, 15) is 4.39 Å². The fraction of sp³-hybridized carbons (Fsp3) is 0.600. The van der Waals surface area contributed by atoms with Gasteiger partial charge in [0.05, 0.1) is 6.26 Å². The Morgan fingerprint density at radius 2 is 2.38 bits per heavy atom. The first-order valence-corrected chi connectivity index (χ1v) is 2.34. The lowest BCUT2D eigenvalue weighted by atomic mass is 10.3. The third-order valence-corrected chi connectivity index (χ3v) is 0.857. The van der Waals surface area contributed by atoms with Gasteiger partial charge in [0.2, 0.25) is 0 Å². The van der Waals surface area contributed by atoms with Crippen LogP contribution in [0.2, 0.25) is 0 Å². The van der Waals surface area contributed by atoms with Gasteiger partial charge >= 0.3 is 0 Å². The van der Waals surface area contributed by atoms with E-state index in [-0.39, 0.29) is 5.57 Å². The van der Waals surface area contributed by atoms with Crippen LogP contribution in [0.15, 0.2) is 11.8 Å². The van der Waals surface area contributed by atoms with Crippen LogP contribution >= 0.6 is 0 Å².